The minimum Gasteiger partial charge on any atom is -0.480 e. The third-order valence-corrected chi connectivity index (χ3v) is 1.76. The van der Waals surface area contributed by atoms with E-state index in [1.54, 1.807) is 0 Å². The third kappa shape index (κ3) is 1.17. The van der Waals surface area contributed by atoms with Crippen molar-refractivity contribution in [2.24, 2.45) is 11.7 Å². The van der Waals surface area contributed by atoms with Crippen LogP contribution >= 0.6 is 12.4 Å². The Morgan fingerprint density at radius 2 is 2.22 bits per heavy atom. The van der Waals surface area contributed by atoms with Gasteiger partial charge in [-0.25, -0.2) is 0 Å². The van der Waals surface area contributed by atoms with Crippen molar-refractivity contribution in [1.82, 2.24) is 0 Å². The second kappa shape index (κ2) is 2.15. The minimum atomic E-state index is -0.875. The first kappa shape index (κ1) is 8.72. The number of hydrogen-bond donors (Lipinski definition) is 2. The molecular weight excluding hydrogens is 142 g/mol. The smallest absolute Gasteiger partial charge is 0.323 e. The van der Waals surface area contributed by atoms with Crippen LogP contribution in [-0.4, -0.2) is 16.6 Å². The summed E-state index contributed by atoms with van der Waals surface area (Å²) in [4.78, 5) is 10.2. The van der Waals surface area contributed by atoms with Crippen molar-refractivity contribution in [3.8, 4) is 0 Å². The zero-order valence-electron chi connectivity index (χ0n) is 5.13. The molecule has 0 bridgehead atoms. The number of aliphatic carboxylic acids is 1. The molecule has 1 aliphatic rings. The molecule has 2 atom stereocenters. The fourth-order valence-corrected chi connectivity index (χ4v) is 0.746. The van der Waals surface area contributed by atoms with Gasteiger partial charge < -0.3 is 10.8 Å². The van der Waals surface area contributed by atoms with Gasteiger partial charge in [-0.15, -0.1) is 12.4 Å². The van der Waals surface area contributed by atoms with Crippen LogP contribution in [0.25, 0.3) is 0 Å². The predicted molar refractivity (Wildman–Crippen MR) is 35.6 cm³/mol. The van der Waals surface area contributed by atoms with E-state index in [1.165, 1.54) is 0 Å². The topological polar surface area (TPSA) is 63.3 Å². The second-order valence-electron chi connectivity index (χ2n) is 2.45. The van der Waals surface area contributed by atoms with Crippen LogP contribution in [0.2, 0.25) is 0 Å². The predicted octanol–water partition coefficient (Wildman–Crippen LogP) is 0.230. The molecule has 4 heteroatoms. The largest absolute Gasteiger partial charge is 0.480 e. The molecule has 9 heavy (non-hydrogen) atoms. The lowest BCUT2D eigenvalue weighted by atomic mass is 10.2. The van der Waals surface area contributed by atoms with Gasteiger partial charge in [-0.1, -0.05) is 6.92 Å². The fourth-order valence-electron chi connectivity index (χ4n) is 0.746. The van der Waals surface area contributed by atoms with Gasteiger partial charge in [-0.2, -0.15) is 0 Å². The van der Waals surface area contributed by atoms with E-state index in [0.717, 1.165) is 0 Å². The number of halogens is 1. The molecule has 0 spiro atoms. The van der Waals surface area contributed by atoms with Crippen molar-refractivity contribution in [1.29, 1.82) is 0 Å². The molecule has 3 N–H and O–H groups in total. The highest BCUT2D eigenvalue weighted by Gasteiger charge is 2.54. The minimum absolute atomic E-state index is 0. The van der Waals surface area contributed by atoms with Gasteiger partial charge in [-0.05, 0) is 12.3 Å². The molecule has 0 heterocycles. The van der Waals surface area contributed by atoms with Crippen molar-refractivity contribution in [3.05, 3.63) is 0 Å². The van der Waals surface area contributed by atoms with Crippen LogP contribution in [0.4, 0.5) is 0 Å². The Labute approximate surface area is 59.6 Å². The first-order chi connectivity index (χ1) is 3.57. The lowest BCUT2D eigenvalue weighted by molar-refractivity contribution is -0.140. The van der Waals surface area contributed by atoms with Crippen molar-refractivity contribution in [2.45, 2.75) is 18.9 Å². The lowest BCUT2D eigenvalue weighted by Gasteiger charge is -1.98. The number of carboxylic acids is 1. The van der Waals surface area contributed by atoms with E-state index in [4.69, 9.17) is 10.8 Å². The van der Waals surface area contributed by atoms with Gasteiger partial charge in [0.25, 0.3) is 0 Å². The fraction of sp³-hybridized carbons (Fsp3) is 0.800. The van der Waals surface area contributed by atoms with E-state index in [1.807, 2.05) is 6.92 Å². The molecular formula is C5H10ClNO2. The normalized spacial score (nSPS) is 39.1. The van der Waals surface area contributed by atoms with Crippen molar-refractivity contribution >= 4 is 18.4 Å². The first-order valence-corrected chi connectivity index (χ1v) is 2.59. The Balaban J connectivity index is 0.000000640. The maximum absolute atomic E-state index is 10.2. The number of nitrogens with two attached hydrogens (primary N) is 1. The summed E-state index contributed by atoms with van der Waals surface area (Å²) < 4.78 is 0. The molecule has 0 aromatic carbocycles. The van der Waals surface area contributed by atoms with Crippen molar-refractivity contribution in [3.63, 3.8) is 0 Å². The molecule has 1 rings (SSSR count). The molecule has 3 nitrogen and oxygen atoms in total. The number of hydrogen-bond acceptors (Lipinski definition) is 2. The van der Waals surface area contributed by atoms with Gasteiger partial charge in [0.1, 0.15) is 5.54 Å². The molecule has 0 unspecified atom stereocenters. The van der Waals surface area contributed by atoms with Gasteiger partial charge in [0.05, 0.1) is 0 Å². The van der Waals surface area contributed by atoms with Gasteiger partial charge in [0.15, 0.2) is 0 Å². The Bertz CT molecular complexity index is 139. The monoisotopic (exact) mass is 151 g/mol. The summed E-state index contributed by atoms with van der Waals surface area (Å²) in [6.07, 6.45) is 0.627. The number of carboxylic acid groups (broad SMARTS) is 1. The van der Waals surface area contributed by atoms with E-state index in [0.29, 0.717) is 6.42 Å². The Morgan fingerprint density at radius 3 is 2.22 bits per heavy atom. The standard InChI is InChI=1S/C5H9NO2.ClH/c1-3-2-5(3,6)4(7)8;/h3H,2,6H2,1H3,(H,7,8);1H/t3-,5-;/m0./s1. The summed E-state index contributed by atoms with van der Waals surface area (Å²) >= 11 is 0. The summed E-state index contributed by atoms with van der Waals surface area (Å²) in [6, 6.07) is 0. The van der Waals surface area contributed by atoms with Crippen molar-refractivity contribution in [2.75, 3.05) is 0 Å². The van der Waals surface area contributed by atoms with Crippen LogP contribution < -0.4 is 5.73 Å². The molecule has 0 amide bonds. The van der Waals surface area contributed by atoms with Crippen molar-refractivity contribution < 1.29 is 9.90 Å². The zero-order valence-corrected chi connectivity index (χ0v) is 5.94. The molecule has 1 fully saturated rings. The maximum atomic E-state index is 10.2. The van der Waals surface area contributed by atoms with Gasteiger partial charge >= 0.3 is 5.97 Å². The Hall–Kier alpha value is -0.280. The SMILES string of the molecule is C[C@H]1C[C@@]1(N)C(=O)O.Cl. The van der Waals surface area contributed by atoms with E-state index >= 15 is 0 Å². The molecule has 0 saturated heterocycles. The van der Waals surface area contributed by atoms with Crippen LogP contribution in [0.1, 0.15) is 13.3 Å². The molecule has 0 aromatic rings. The van der Waals surface area contributed by atoms with Gasteiger partial charge in [0, 0.05) is 0 Å². The molecule has 54 valence electrons. The average molecular weight is 152 g/mol. The highest BCUT2D eigenvalue weighted by molar-refractivity contribution is 5.85. The molecule has 1 aliphatic carbocycles. The summed E-state index contributed by atoms with van der Waals surface area (Å²) in [5.74, 6) is -0.704. The highest BCUT2D eigenvalue weighted by atomic mass is 35.5. The lowest BCUT2D eigenvalue weighted by Crippen LogP contribution is -2.34. The van der Waals surface area contributed by atoms with Gasteiger partial charge in [-0.3, -0.25) is 4.79 Å². The Kier molecular flexibility index (Phi) is 2.09. The van der Waals surface area contributed by atoms with E-state index in [2.05, 4.69) is 0 Å². The number of rotatable bonds is 1. The van der Waals surface area contributed by atoms with Crippen LogP contribution in [0.3, 0.4) is 0 Å². The van der Waals surface area contributed by atoms with Gasteiger partial charge in [0.2, 0.25) is 0 Å². The highest BCUT2D eigenvalue weighted by Crippen LogP contribution is 2.40. The zero-order chi connectivity index (χ0) is 6.36. The van der Waals surface area contributed by atoms with E-state index in [-0.39, 0.29) is 18.3 Å². The maximum Gasteiger partial charge on any atom is 0.323 e. The van der Waals surface area contributed by atoms with Crippen LogP contribution in [0.15, 0.2) is 0 Å². The first-order valence-electron chi connectivity index (χ1n) is 2.59. The second-order valence-corrected chi connectivity index (χ2v) is 2.45. The molecule has 0 aliphatic heterocycles. The van der Waals surface area contributed by atoms with E-state index in [9.17, 15) is 4.79 Å². The average Bonchev–Trinajstić information content (AvgIpc) is 2.17. The van der Waals surface area contributed by atoms with Crippen LogP contribution in [0, 0.1) is 5.92 Å². The molecule has 0 aromatic heterocycles. The van der Waals surface area contributed by atoms with Crippen LogP contribution in [-0.2, 0) is 4.79 Å². The number of carbonyl (C=O) groups is 1. The van der Waals surface area contributed by atoms with Crippen LogP contribution in [0.5, 0.6) is 0 Å². The summed E-state index contributed by atoms with van der Waals surface area (Å²) in [7, 11) is 0. The summed E-state index contributed by atoms with van der Waals surface area (Å²) in [5, 5.41) is 8.36. The third-order valence-electron chi connectivity index (χ3n) is 1.76. The Morgan fingerprint density at radius 1 is 1.89 bits per heavy atom. The molecule has 0 radical (unpaired) electrons. The summed E-state index contributed by atoms with van der Waals surface area (Å²) in [6.45, 7) is 1.84. The quantitative estimate of drug-likeness (QED) is 0.564. The summed E-state index contributed by atoms with van der Waals surface area (Å²) in [5.41, 5.74) is 4.46. The van der Waals surface area contributed by atoms with E-state index < -0.39 is 11.5 Å². The molecule has 1 saturated carbocycles.